The number of thioether (sulfide) groups is 1. The Morgan fingerprint density at radius 2 is 1.45 bits per heavy atom. The maximum atomic E-state index is 14.7. The number of halogens is 2. The van der Waals surface area contributed by atoms with Crippen molar-refractivity contribution >= 4 is 17.7 Å². The topological polar surface area (TPSA) is 61.3 Å². The van der Waals surface area contributed by atoms with Gasteiger partial charge in [0.05, 0.1) is 12.2 Å². The molecule has 0 atom stereocenters. The zero-order valence-electron chi connectivity index (χ0n) is 26.0. The summed E-state index contributed by atoms with van der Waals surface area (Å²) in [7, 11) is 0. The summed E-state index contributed by atoms with van der Waals surface area (Å²) in [4.78, 5) is 21.5. The van der Waals surface area contributed by atoms with Gasteiger partial charge in [0.1, 0.15) is 5.75 Å². The van der Waals surface area contributed by atoms with E-state index in [9.17, 15) is 13.6 Å². The van der Waals surface area contributed by atoms with Crippen molar-refractivity contribution in [2.75, 3.05) is 12.4 Å². The quantitative estimate of drug-likeness (QED) is 0.0386. The largest absolute Gasteiger partial charge is 0.490 e. The van der Waals surface area contributed by atoms with E-state index in [1.807, 2.05) is 0 Å². The van der Waals surface area contributed by atoms with Crippen LogP contribution in [0.4, 0.5) is 8.78 Å². The van der Waals surface area contributed by atoms with Crippen molar-refractivity contribution in [1.82, 2.24) is 9.97 Å². The molecule has 4 rings (SSSR count). The lowest BCUT2D eigenvalue weighted by Gasteiger charge is -2.11. The van der Waals surface area contributed by atoms with Crippen molar-refractivity contribution in [3.05, 3.63) is 66.0 Å². The van der Waals surface area contributed by atoms with Crippen molar-refractivity contribution in [3.8, 4) is 22.6 Å². The molecule has 2 aromatic carbocycles. The number of rotatable bonds is 21. The minimum absolute atomic E-state index is 0.193. The van der Waals surface area contributed by atoms with Gasteiger partial charge in [-0.15, -0.1) is 0 Å². The van der Waals surface area contributed by atoms with Crippen LogP contribution in [0.3, 0.4) is 0 Å². The first kappa shape index (κ1) is 33.9. The lowest BCUT2D eigenvalue weighted by molar-refractivity contribution is 0.0728. The Morgan fingerprint density at radius 3 is 2.16 bits per heavy atom. The van der Waals surface area contributed by atoms with E-state index < -0.39 is 23.2 Å². The highest BCUT2D eigenvalue weighted by atomic mass is 32.2. The van der Waals surface area contributed by atoms with Crippen LogP contribution in [0.15, 0.2) is 53.9 Å². The molecule has 5 nitrogen and oxygen atoms in total. The summed E-state index contributed by atoms with van der Waals surface area (Å²) in [6.07, 6.45) is 22.0. The standard InChI is InChI=1S/C36H46F2N2O3S/c1-2-3-4-5-10-13-24-44-36-39-25-29(26-40-36)28-17-19-30(20-18-28)43-35(41)31-21-22-32(34(38)33(31)37)42-23-12-9-7-6-8-11-14-27-15-16-27/h17-22,25-27H,2-16,23-24H2,1H3. The zero-order chi connectivity index (χ0) is 31.0. The second kappa shape index (κ2) is 18.7. The summed E-state index contributed by atoms with van der Waals surface area (Å²) in [5.74, 6) is -1.40. The molecular weight excluding hydrogens is 578 g/mol. The number of benzene rings is 2. The Hall–Kier alpha value is -3.00. The summed E-state index contributed by atoms with van der Waals surface area (Å²) in [5, 5.41) is 0.753. The van der Waals surface area contributed by atoms with Gasteiger partial charge in [-0.05, 0) is 48.6 Å². The molecule has 1 fully saturated rings. The summed E-state index contributed by atoms with van der Waals surface area (Å²) in [6.45, 7) is 2.53. The van der Waals surface area contributed by atoms with Crippen molar-refractivity contribution in [2.45, 2.75) is 108 Å². The van der Waals surface area contributed by atoms with Gasteiger partial charge in [-0.3, -0.25) is 0 Å². The molecule has 44 heavy (non-hydrogen) atoms. The van der Waals surface area contributed by atoms with Crippen LogP contribution in [-0.4, -0.2) is 28.3 Å². The van der Waals surface area contributed by atoms with Crippen molar-refractivity contribution < 1.29 is 23.0 Å². The minimum Gasteiger partial charge on any atom is -0.490 e. The summed E-state index contributed by atoms with van der Waals surface area (Å²) in [6, 6.07) is 9.23. The molecule has 0 aliphatic heterocycles. The third kappa shape index (κ3) is 11.5. The fourth-order valence-electron chi connectivity index (χ4n) is 5.09. The highest BCUT2D eigenvalue weighted by molar-refractivity contribution is 7.99. The van der Waals surface area contributed by atoms with Gasteiger partial charge >= 0.3 is 5.97 Å². The van der Waals surface area contributed by atoms with E-state index in [0.29, 0.717) is 6.61 Å². The SMILES string of the molecule is CCCCCCCCSc1ncc(-c2ccc(OC(=O)c3ccc(OCCCCCCCCC4CC4)c(F)c3F)cc2)cn1. The third-order valence-corrected chi connectivity index (χ3v) is 8.95. The molecule has 1 aliphatic carbocycles. The summed E-state index contributed by atoms with van der Waals surface area (Å²) < 4.78 is 40.2. The van der Waals surface area contributed by atoms with Crippen LogP contribution in [0.2, 0.25) is 0 Å². The number of hydrogen-bond acceptors (Lipinski definition) is 6. The molecule has 1 heterocycles. The fourth-order valence-corrected chi connectivity index (χ4v) is 5.88. The molecule has 1 saturated carbocycles. The lowest BCUT2D eigenvalue weighted by Crippen LogP contribution is -2.12. The van der Waals surface area contributed by atoms with Crippen molar-refractivity contribution in [1.29, 1.82) is 0 Å². The van der Waals surface area contributed by atoms with Gasteiger partial charge in [0.2, 0.25) is 5.82 Å². The van der Waals surface area contributed by atoms with E-state index in [-0.39, 0.29) is 11.5 Å². The summed E-state index contributed by atoms with van der Waals surface area (Å²) in [5.41, 5.74) is 1.21. The van der Waals surface area contributed by atoms with Crippen molar-refractivity contribution in [3.63, 3.8) is 0 Å². The monoisotopic (exact) mass is 624 g/mol. The van der Waals surface area contributed by atoms with E-state index in [0.717, 1.165) is 53.6 Å². The van der Waals surface area contributed by atoms with Crippen LogP contribution >= 0.6 is 11.8 Å². The predicted octanol–water partition coefficient (Wildman–Crippen LogP) is 10.6. The molecule has 0 radical (unpaired) electrons. The van der Waals surface area contributed by atoms with Crippen LogP contribution in [0, 0.1) is 17.6 Å². The number of ether oxygens (including phenoxy) is 2. The summed E-state index contributed by atoms with van der Waals surface area (Å²) >= 11 is 1.66. The molecule has 238 valence electrons. The molecular formula is C36H46F2N2O3S. The van der Waals surface area contributed by atoms with Crippen LogP contribution in [0.5, 0.6) is 11.5 Å². The number of unbranched alkanes of at least 4 members (excludes halogenated alkanes) is 10. The van der Waals surface area contributed by atoms with Gasteiger partial charge in [0.15, 0.2) is 16.7 Å². The molecule has 8 heteroatoms. The number of esters is 1. The van der Waals surface area contributed by atoms with Gasteiger partial charge < -0.3 is 9.47 Å². The van der Waals surface area contributed by atoms with E-state index >= 15 is 0 Å². The predicted molar refractivity (Wildman–Crippen MR) is 173 cm³/mol. The Kier molecular flexibility index (Phi) is 14.4. The van der Waals surface area contributed by atoms with E-state index in [4.69, 9.17) is 9.47 Å². The Morgan fingerprint density at radius 1 is 0.795 bits per heavy atom. The lowest BCUT2D eigenvalue weighted by atomic mass is 10.1. The number of carbonyl (C=O) groups excluding carboxylic acids is 1. The molecule has 1 aliphatic rings. The first-order valence-corrected chi connectivity index (χ1v) is 17.4. The fraction of sp³-hybridized carbons (Fsp3) is 0.528. The Bertz CT molecular complexity index is 1280. The maximum Gasteiger partial charge on any atom is 0.346 e. The highest BCUT2D eigenvalue weighted by Gasteiger charge is 2.22. The molecule has 0 unspecified atom stereocenters. The van der Waals surface area contributed by atoms with Crippen LogP contribution in [-0.2, 0) is 0 Å². The average Bonchev–Trinajstić information content (AvgIpc) is 3.87. The van der Waals surface area contributed by atoms with Crippen molar-refractivity contribution in [2.24, 2.45) is 5.92 Å². The molecule has 0 saturated heterocycles. The number of aromatic nitrogens is 2. The first-order valence-electron chi connectivity index (χ1n) is 16.4. The molecule has 1 aromatic heterocycles. The Balaban J connectivity index is 1.18. The highest BCUT2D eigenvalue weighted by Crippen LogP contribution is 2.34. The van der Waals surface area contributed by atoms with Gasteiger partial charge in [-0.1, -0.05) is 114 Å². The second-order valence-corrected chi connectivity index (χ2v) is 12.8. The molecule has 0 bridgehead atoms. The molecule has 0 N–H and O–H groups in total. The van der Waals surface area contributed by atoms with E-state index in [2.05, 4.69) is 16.9 Å². The molecule has 0 amide bonds. The number of hydrogen-bond donors (Lipinski definition) is 0. The van der Waals surface area contributed by atoms with Gasteiger partial charge in [-0.25, -0.2) is 19.2 Å². The van der Waals surface area contributed by atoms with Crippen LogP contribution < -0.4 is 9.47 Å². The smallest absolute Gasteiger partial charge is 0.346 e. The van der Waals surface area contributed by atoms with Gasteiger partial charge in [0.25, 0.3) is 0 Å². The van der Waals surface area contributed by atoms with Gasteiger partial charge in [0, 0.05) is 23.7 Å². The average molecular weight is 625 g/mol. The second-order valence-electron chi connectivity index (χ2n) is 11.7. The Labute approximate surface area is 265 Å². The van der Waals surface area contributed by atoms with Crippen LogP contribution in [0.1, 0.15) is 114 Å². The number of nitrogens with zero attached hydrogens (tertiary/aromatic N) is 2. The minimum atomic E-state index is -1.27. The van der Waals surface area contributed by atoms with E-state index in [1.54, 1.807) is 48.4 Å². The normalized spacial score (nSPS) is 12.8. The van der Waals surface area contributed by atoms with Crippen LogP contribution in [0.25, 0.3) is 11.1 Å². The molecule has 0 spiro atoms. The first-order chi connectivity index (χ1) is 21.5. The van der Waals surface area contributed by atoms with E-state index in [1.165, 1.54) is 82.8 Å². The third-order valence-electron chi connectivity index (χ3n) is 7.98. The maximum absolute atomic E-state index is 14.7. The zero-order valence-corrected chi connectivity index (χ0v) is 26.8. The number of carbonyl (C=O) groups is 1. The van der Waals surface area contributed by atoms with Gasteiger partial charge in [-0.2, -0.15) is 4.39 Å². The molecule has 3 aromatic rings.